The Kier molecular flexibility index (Phi) is 8.66. The number of rotatable bonds is 12. The van der Waals surface area contributed by atoms with Gasteiger partial charge in [-0.1, -0.05) is 60.7 Å². The topological polar surface area (TPSA) is 138 Å². The Morgan fingerprint density at radius 1 is 0.667 bits per heavy atom. The Balaban J connectivity index is 1.74. The Morgan fingerprint density at radius 3 is 1.33 bits per heavy atom. The van der Waals surface area contributed by atoms with Crippen molar-refractivity contribution in [2.45, 2.75) is 62.3 Å². The van der Waals surface area contributed by atoms with Crippen LogP contribution in [0.5, 0.6) is 0 Å². The summed E-state index contributed by atoms with van der Waals surface area (Å²) in [6, 6.07) is 16.5. The molecule has 0 aliphatic carbocycles. The van der Waals surface area contributed by atoms with Gasteiger partial charge in [0.1, 0.15) is 12.2 Å². The maximum absolute atomic E-state index is 12.1. The van der Waals surface area contributed by atoms with Crippen molar-refractivity contribution < 1.29 is 35.4 Å². The second kappa shape index (κ2) is 10.8. The van der Waals surface area contributed by atoms with Crippen LogP contribution in [0.4, 0.5) is 0 Å². The lowest BCUT2D eigenvalue weighted by Gasteiger charge is -2.23. The molecule has 2 aromatic carbocycles. The molecule has 7 nitrogen and oxygen atoms in total. The van der Waals surface area contributed by atoms with E-state index in [1.807, 2.05) is 0 Å². The molecule has 0 aromatic heterocycles. The van der Waals surface area contributed by atoms with Gasteiger partial charge in [-0.3, -0.25) is 4.79 Å². The fraction of sp³-hybridized carbons (Fsp3) is 0.435. The highest BCUT2D eigenvalue weighted by atomic mass is 16.5. The Hall–Kier alpha value is -2.13. The first kappa shape index (κ1) is 24.1. The highest BCUT2D eigenvalue weighted by molar-refractivity contribution is 5.86. The average molecular weight is 418 g/mol. The van der Waals surface area contributed by atoms with Crippen LogP contribution in [0, 0.1) is 0 Å². The minimum absolute atomic E-state index is 0.0282. The van der Waals surface area contributed by atoms with E-state index in [1.54, 1.807) is 60.7 Å². The molecule has 6 N–H and O–H groups in total. The molecule has 0 bridgehead atoms. The van der Waals surface area contributed by atoms with Crippen molar-refractivity contribution in [2.75, 3.05) is 0 Å². The summed E-state index contributed by atoms with van der Waals surface area (Å²) >= 11 is 0. The normalized spacial score (nSPS) is 14.3. The van der Waals surface area contributed by atoms with Crippen LogP contribution in [0.1, 0.15) is 49.7 Å². The Morgan fingerprint density at radius 2 is 1.00 bits per heavy atom. The van der Waals surface area contributed by atoms with E-state index in [1.165, 1.54) is 0 Å². The first-order valence-electron chi connectivity index (χ1n) is 10.0. The smallest absolute Gasteiger partial charge is 0.189 e. The molecule has 0 amide bonds. The third kappa shape index (κ3) is 6.98. The van der Waals surface area contributed by atoms with E-state index in [0.717, 1.165) is 0 Å². The van der Waals surface area contributed by atoms with Crippen LogP contribution < -0.4 is 0 Å². The van der Waals surface area contributed by atoms with Crippen LogP contribution in [0.2, 0.25) is 0 Å². The summed E-state index contributed by atoms with van der Waals surface area (Å²) in [7, 11) is 0. The zero-order valence-corrected chi connectivity index (χ0v) is 16.8. The lowest BCUT2D eigenvalue weighted by atomic mass is 9.95. The SMILES string of the molecule is O=C(C(O)CCCC(O)(O)c1ccccc1)C(O)CCCC(O)(O)c1ccccc1. The van der Waals surface area contributed by atoms with Crippen molar-refractivity contribution in [1.29, 1.82) is 0 Å². The summed E-state index contributed by atoms with van der Waals surface area (Å²) < 4.78 is 0. The van der Waals surface area contributed by atoms with E-state index in [0.29, 0.717) is 11.1 Å². The third-order valence-corrected chi connectivity index (χ3v) is 5.13. The number of hydrogen-bond donors (Lipinski definition) is 6. The fourth-order valence-electron chi connectivity index (χ4n) is 3.29. The molecule has 2 atom stereocenters. The van der Waals surface area contributed by atoms with Gasteiger partial charge in [0.05, 0.1) is 0 Å². The maximum atomic E-state index is 12.1. The van der Waals surface area contributed by atoms with Crippen molar-refractivity contribution in [3.8, 4) is 0 Å². The molecule has 0 aliphatic rings. The van der Waals surface area contributed by atoms with Crippen LogP contribution in [0.15, 0.2) is 60.7 Å². The van der Waals surface area contributed by atoms with Crippen LogP contribution in [0.25, 0.3) is 0 Å². The summed E-state index contributed by atoms with van der Waals surface area (Å²) in [5, 5.41) is 60.5. The largest absolute Gasteiger partial charge is 0.385 e. The molecule has 0 heterocycles. The van der Waals surface area contributed by atoms with E-state index in [4.69, 9.17) is 0 Å². The van der Waals surface area contributed by atoms with Gasteiger partial charge < -0.3 is 30.6 Å². The van der Waals surface area contributed by atoms with Gasteiger partial charge in [-0.15, -0.1) is 0 Å². The molecule has 30 heavy (non-hydrogen) atoms. The molecular formula is C23H30O7. The molecule has 7 heteroatoms. The van der Waals surface area contributed by atoms with E-state index in [9.17, 15) is 35.4 Å². The fourth-order valence-corrected chi connectivity index (χ4v) is 3.29. The molecule has 2 aromatic rings. The van der Waals surface area contributed by atoms with Gasteiger partial charge in [0, 0.05) is 24.0 Å². The van der Waals surface area contributed by atoms with Gasteiger partial charge in [0.15, 0.2) is 17.4 Å². The number of carbonyl (C=O) groups is 1. The molecule has 0 saturated heterocycles. The van der Waals surface area contributed by atoms with Crippen LogP contribution >= 0.6 is 0 Å². The first-order valence-corrected chi connectivity index (χ1v) is 10.0. The molecule has 0 aliphatic heterocycles. The second-order valence-electron chi connectivity index (χ2n) is 7.58. The van der Waals surface area contributed by atoms with Crippen molar-refractivity contribution in [1.82, 2.24) is 0 Å². The second-order valence-corrected chi connectivity index (χ2v) is 7.58. The molecule has 0 saturated carbocycles. The van der Waals surface area contributed by atoms with E-state index < -0.39 is 29.6 Å². The maximum Gasteiger partial charge on any atom is 0.189 e. The van der Waals surface area contributed by atoms with Crippen molar-refractivity contribution in [2.24, 2.45) is 0 Å². The molecular weight excluding hydrogens is 388 g/mol. The number of benzene rings is 2. The minimum atomic E-state index is -2.06. The standard InChI is InChI=1S/C23H30O7/c24-19(13-7-15-22(27,28)17-9-3-1-4-10-17)21(26)20(25)14-8-16-23(29,30)18-11-5-2-6-12-18/h1-6,9-12,19-20,24-25,27-30H,7-8,13-16H2. The van der Waals surface area contributed by atoms with Crippen LogP contribution in [-0.2, 0) is 16.4 Å². The summed E-state index contributed by atoms with van der Waals surface area (Å²) in [6.07, 6.45) is -2.77. The summed E-state index contributed by atoms with van der Waals surface area (Å²) in [4.78, 5) is 12.1. The van der Waals surface area contributed by atoms with Crippen molar-refractivity contribution >= 4 is 5.78 Å². The lowest BCUT2D eigenvalue weighted by molar-refractivity contribution is -0.176. The first-order chi connectivity index (χ1) is 14.1. The quantitative estimate of drug-likeness (QED) is 0.286. The van der Waals surface area contributed by atoms with Gasteiger partial charge >= 0.3 is 0 Å². The molecule has 0 spiro atoms. The van der Waals surface area contributed by atoms with Crippen LogP contribution in [-0.4, -0.2) is 48.6 Å². The highest BCUT2D eigenvalue weighted by Crippen LogP contribution is 2.26. The summed E-state index contributed by atoms with van der Waals surface area (Å²) in [6.45, 7) is 0. The number of hydrogen-bond acceptors (Lipinski definition) is 7. The molecule has 0 radical (unpaired) electrons. The minimum Gasteiger partial charge on any atom is -0.385 e. The van der Waals surface area contributed by atoms with E-state index in [2.05, 4.69) is 0 Å². The lowest BCUT2D eigenvalue weighted by Crippen LogP contribution is -2.33. The average Bonchev–Trinajstić information content (AvgIpc) is 2.74. The molecule has 2 rings (SSSR count). The third-order valence-electron chi connectivity index (χ3n) is 5.13. The molecule has 164 valence electrons. The van der Waals surface area contributed by atoms with Gasteiger partial charge in [-0.25, -0.2) is 0 Å². The molecule has 2 unspecified atom stereocenters. The number of aliphatic hydroxyl groups is 6. The monoisotopic (exact) mass is 418 g/mol. The predicted molar refractivity (Wildman–Crippen MR) is 110 cm³/mol. The number of ketones is 1. The number of Topliss-reactive ketones (excluding diaryl/α,β-unsaturated/α-hetero) is 1. The number of aliphatic hydroxyl groups excluding tert-OH is 2. The zero-order chi connectivity index (χ0) is 22.2. The van der Waals surface area contributed by atoms with Crippen LogP contribution in [0.3, 0.4) is 0 Å². The van der Waals surface area contributed by atoms with Gasteiger partial charge in [-0.2, -0.15) is 0 Å². The van der Waals surface area contributed by atoms with Gasteiger partial charge in [0.25, 0.3) is 0 Å². The van der Waals surface area contributed by atoms with Crippen molar-refractivity contribution in [3.63, 3.8) is 0 Å². The predicted octanol–water partition coefficient (Wildman–Crippen LogP) is 1.29. The molecule has 0 fully saturated rings. The number of carbonyl (C=O) groups excluding carboxylic acids is 1. The summed E-state index contributed by atoms with van der Waals surface area (Å²) in [5.74, 6) is -4.89. The van der Waals surface area contributed by atoms with Gasteiger partial charge in [-0.05, 0) is 25.7 Å². The van der Waals surface area contributed by atoms with Gasteiger partial charge in [0.2, 0.25) is 0 Å². The van der Waals surface area contributed by atoms with E-state index >= 15 is 0 Å². The van der Waals surface area contributed by atoms with E-state index in [-0.39, 0.29) is 38.5 Å². The summed E-state index contributed by atoms with van der Waals surface area (Å²) in [5.41, 5.74) is 0.640. The van der Waals surface area contributed by atoms with Crippen molar-refractivity contribution in [3.05, 3.63) is 71.8 Å². The Labute approximate surface area is 175 Å². The Bertz CT molecular complexity index is 709. The highest BCUT2D eigenvalue weighted by Gasteiger charge is 2.29. The zero-order valence-electron chi connectivity index (χ0n) is 16.8.